The van der Waals surface area contributed by atoms with E-state index in [0.29, 0.717) is 6.04 Å². The zero-order chi connectivity index (χ0) is 15.1. The Morgan fingerprint density at radius 3 is 2.62 bits per heavy atom. The highest BCUT2D eigenvalue weighted by molar-refractivity contribution is 5.48. The van der Waals surface area contributed by atoms with Gasteiger partial charge in [-0.3, -0.25) is 0 Å². The van der Waals surface area contributed by atoms with Gasteiger partial charge < -0.3 is 10.2 Å². The topological polar surface area (TPSA) is 28.2 Å². The van der Waals surface area contributed by atoms with Crippen molar-refractivity contribution in [2.24, 2.45) is 0 Å². The Kier molecular flexibility index (Phi) is 5.76. The first kappa shape index (κ1) is 15.5. The van der Waals surface area contributed by atoms with Crippen LogP contribution in [0.15, 0.2) is 48.7 Å². The molecule has 1 aromatic carbocycles. The van der Waals surface area contributed by atoms with Crippen LogP contribution in [0.25, 0.3) is 0 Å². The van der Waals surface area contributed by atoms with E-state index >= 15 is 0 Å². The lowest BCUT2D eigenvalue weighted by atomic mass is 10.1. The summed E-state index contributed by atoms with van der Waals surface area (Å²) < 4.78 is 0. The zero-order valence-corrected chi connectivity index (χ0v) is 13.2. The first-order chi connectivity index (χ1) is 10.2. The second-order valence-corrected chi connectivity index (χ2v) is 5.43. The van der Waals surface area contributed by atoms with Crippen LogP contribution in [0.1, 0.15) is 37.4 Å². The molecule has 0 radical (unpaired) electrons. The minimum Gasteiger partial charge on any atom is -0.355 e. The first-order valence-corrected chi connectivity index (χ1v) is 7.65. The fourth-order valence-corrected chi connectivity index (χ4v) is 2.47. The fraction of sp³-hybridized carbons (Fsp3) is 0.389. The smallest absolute Gasteiger partial charge is 0.133 e. The van der Waals surface area contributed by atoms with E-state index in [1.165, 1.54) is 11.1 Å². The largest absolute Gasteiger partial charge is 0.355 e. The van der Waals surface area contributed by atoms with Crippen LogP contribution < -0.4 is 10.2 Å². The SMILES string of the molecule is CCCNC(C)c1cccnc1N(C)Cc1ccccc1. The molecular formula is C18H25N3. The lowest BCUT2D eigenvalue weighted by Gasteiger charge is -2.24. The summed E-state index contributed by atoms with van der Waals surface area (Å²) >= 11 is 0. The molecule has 0 aliphatic heterocycles. The van der Waals surface area contributed by atoms with Crippen molar-refractivity contribution in [2.45, 2.75) is 32.9 Å². The molecule has 3 nitrogen and oxygen atoms in total. The van der Waals surface area contributed by atoms with Crippen molar-refractivity contribution in [1.29, 1.82) is 0 Å². The van der Waals surface area contributed by atoms with Gasteiger partial charge in [0, 0.05) is 31.4 Å². The second-order valence-electron chi connectivity index (χ2n) is 5.43. The minimum absolute atomic E-state index is 0.312. The number of benzene rings is 1. The normalized spacial score (nSPS) is 12.1. The lowest BCUT2D eigenvalue weighted by Crippen LogP contribution is -2.24. The Morgan fingerprint density at radius 2 is 1.90 bits per heavy atom. The maximum atomic E-state index is 4.59. The summed E-state index contributed by atoms with van der Waals surface area (Å²) in [5.41, 5.74) is 2.55. The molecule has 0 fully saturated rings. The summed E-state index contributed by atoms with van der Waals surface area (Å²) in [4.78, 5) is 6.81. The molecule has 1 atom stereocenters. The number of nitrogens with one attached hydrogen (secondary N) is 1. The van der Waals surface area contributed by atoms with E-state index in [0.717, 1.165) is 25.3 Å². The highest BCUT2D eigenvalue weighted by Crippen LogP contribution is 2.24. The van der Waals surface area contributed by atoms with E-state index < -0.39 is 0 Å². The number of aromatic nitrogens is 1. The van der Waals surface area contributed by atoms with Gasteiger partial charge in [0.15, 0.2) is 0 Å². The summed E-state index contributed by atoms with van der Waals surface area (Å²) in [7, 11) is 2.10. The van der Waals surface area contributed by atoms with Crippen LogP contribution in [0, 0.1) is 0 Å². The monoisotopic (exact) mass is 283 g/mol. The van der Waals surface area contributed by atoms with E-state index in [1.54, 1.807) is 0 Å². The van der Waals surface area contributed by atoms with E-state index in [-0.39, 0.29) is 0 Å². The van der Waals surface area contributed by atoms with Gasteiger partial charge in [-0.1, -0.05) is 43.3 Å². The molecular weight excluding hydrogens is 258 g/mol. The zero-order valence-electron chi connectivity index (χ0n) is 13.2. The van der Waals surface area contributed by atoms with Crippen LogP contribution in [0.5, 0.6) is 0 Å². The van der Waals surface area contributed by atoms with Crippen molar-refractivity contribution in [2.75, 3.05) is 18.5 Å². The number of anilines is 1. The predicted octanol–water partition coefficient (Wildman–Crippen LogP) is 3.78. The first-order valence-electron chi connectivity index (χ1n) is 7.65. The van der Waals surface area contributed by atoms with Crippen LogP contribution >= 0.6 is 0 Å². The van der Waals surface area contributed by atoms with E-state index in [9.17, 15) is 0 Å². The molecule has 21 heavy (non-hydrogen) atoms. The number of hydrogen-bond acceptors (Lipinski definition) is 3. The highest BCUT2D eigenvalue weighted by atomic mass is 15.2. The quantitative estimate of drug-likeness (QED) is 0.838. The van der Waals surface area contributed by atoms with Crippen LogP contribution in [-0.2, 0) is 6.54 Å². The molecule has 0 spiro atoms. The van der Waals surface area contributed by atoms with Crippen molar-refractivity contribution < 1.29 is 0 Å². The molecule has 1 aromatic heterocycles. The Bertz CT molecular complexity index is 539. The molecule has 3 heteroatoms. The molecule has 0 aliphatic rings. The van der Waals surface area contributed by atoms with Gasteiger partial charge in [-0.25, -0.2) is 4.98 Å². The molecule has 0 bridgehead atoms. The maximum absolute atomic E-state index is 4.59. The average Bonchev–Trinajstić information content (AvgIpc) is 2.53. The van der Waals surface area contributed by atoms with Gasteiger partial charge in [0.2, 0.25) is 0 Å². The summed E-state index contributed by atoms with van der Waals surface area (Å²) in [6.45, 7) is 6.28. The van der Waals surface area contributed by atoms with Crippen LogP contribution in [-0.4, -0.2) is 18.6 Å². The summed E-state index contributed by atoms with van der Waals surface area (Å²) in [6.07, 6.45) is 3.01. The van der Waals surface area contributed by atoms with Crippen LogP contribution in [0.3, 0.4) is 0 Å². The fourth-order valence-electron chi connectivity index (χ4n) is 2.47. The van der Waals surface area contributed by atoms with Gasteiger partial charge in [-0.2, -0.15) is 0 Å². The number of nitrogens with zero attached hydrogens (tertiary/aromatic N) is 2. The number of rotatable bonds is 7. The Balaban J connectivity index is 2.15. The van der Waals surface area contributed by atoms with Crippen LogP contribution in [0.2, 0.25) is 0 Å². The molecule has 2 rings (SSSR count). The number of pyridine rings is 1. The number of hydrogen-bond donors (Lipinski definition) is 1. The third kappa shape index (κ3) is 4.30. The molecule has 112 valence electrons. The van der Waals surface area contributed by atoms with E-state index in [4.69, 9.17) is 0 Å². The second kappa shape index (κ2) is 7.79. The van der Waals surface area contributed by atoms with Gasteiger partial charge in [0.05, 0.1) is 0 Å². The maximum Gasteiger partial charge on any atom is 0.133 e. The van der Waals surface area contributed by atoms with Gasteiger partial charge >= 0.3 is 0 Å². The molecule has 0 saturated heterocycles. The molecule has 1 unspecified atom stereocenters. The van der Waals surface area contributed by atoms with Gasteiger partial charge in [-0.15, -0.1) is 0 Å². The van der Waals surface area contributed by atoms with Gasteiger partial charge in [0.25, 0.3) is 0 Å². The molecule has 0 aliphatic carbocycles. The molecule has 2 aromatic rings. The average molecular weight is 283 g/mol. The molecule has 1 heterocycles. The molecule has 1 N–H and O–H groups in total. The van der Waals surface area contributed by atoms with Crippen molar-refractivity contribution in [1.82, 2.24) is 10.3 Å². The van der Waals surface area contributed by atoms with Crippen molar-refractivity contribution >= 4 is 5.82 Å². The minimum atomic E-state index is 0.312. The standard InChI is InChI=1S/C18H25N3/c1-4-12-19-15(2)17-11-8-13-20-18(17)21(3)14-16-9-6-5-7-10-16/h5-11,13,15,19H,4,12,14H2,1-3H3. The third-order valence-electron chi connectivity index (χ3n) is 3.61. The van der Waals surface area contributed by atoms with Crippen LogP contribution in [0.4, 0.5) is 5.82 Å². The molecule has 0 saturated carbocycles. The summed E-state index contributed by atoms with van der Waals surface area (Å²) in [5.74, 6) is 1.05. The lowest BCUT2D eigenvalue weighted by molar-refractivity contribution is 0.568. The predicted molar refractivity (Wildman–Crippen MR) is 89.5 cm³/mol. The van der Waals surface area contributed by atoms with Crippen molar-refractivity contribution in [3.05, 3.63) is 59.8 Å². The summed E-state index contributed by atoms with van der Waals surface area (Å²) in [5, 5.41) is 3.54. The Labute approximate surface area is 128 Å². The van der Waals surface area contributed by atoms with Gasteiger partial charge in [0.1, 0.15) is 5.82 Å². The van der Waals surface area contributed by atoms with Crippen molar-refractivity contribution in [3.63, 3.8) is 0 Å². The van der Waals surface area contributed by atoms with E-state index in [1.807, 2.05) is 18.3 Å². The Morgan fingerprint density at radius 1 is 1.14 bits per heavy atom. The third-order valence-corrected chi connectivity index (χ3v) is 3.61. The molecule has 0 amide bonds. The van der Waals surface area contributed by atoms with Crippen molar-refractivity contribution in [3.8, 4) is 0 Å². The highest BCUT2D eigenvalue weighted by Gasteiger charge is 2.14. The Hall–Kier alpha value is -1.87. The van der Waals surface area contributed by atoms with Gasteiger partial charge in [-0.05, 0) is 31.5 Å². The van der Waals surface area contributed by atoms with E-state index in [2.05, 4.69) is 66.4 Å². The summed E-state index contributed by atoms with van der Waals surface area (Å²) in [6, 6.07) is 15.0.